The van der Waals surface area contributed by atoms with E-state index in [1.165, 1.54) is 12.3 Å². The molecule has 4 N–H and O–H groups in total. The average molecular weight is 268 g/mol. The number of hydrazine groups is 1. The van der Waals surface area contributed by atoms with Crippen molar-refractivity contribution in [1.82, 2.24) is 10.1 Å². The van der Waals surface area contributed by atoms with Gasteiger partial charge in [0.2, 0.25) is 5.88 Å². The molecule has 94 valence electrons. The molecule has 0 aromatic carbocycles. The molecular weight excluding hydrogens is 258 g/mol. The number of nitrogen functional groups attached to an aromatic ring is 1. The number of aromatic nitrogens is 2. The molecule has 0 atom stereocenters. The standard InChI is InChI=1S/C10H10ClN5O2/c1-5-2-8(18-16-5)14-10(17)6-3-7(11)9(15-12)13-4-6/h2-4H,12H2,1H3,(H,13,15)(H,14,17). The number of halogens is 1. The number of nitrogens with one attached hydrogen (secondary N) is 2. The third kappa shape index (κ3) is 2.58. The van der Waals surface area contributed by atoms with Crippen LogP contribution in [0.1, 0.15) is 16.1 Å². The van der Waals surface area contributed by atoms with Gasteiger partial charge in [0, 0.05) is 12.3 Å². The SMILES string of the molecule is Cc1cc(NC(=O)c2cnc(NN)c(Cl)c2)on1. The molecule has 0 radical (unpaired) electrons. The number of pyridine rings is 1. The van der Waals surface area contributed by atoms with Crippen molar-refractivity contribution in [2.24, 2.45) is 5.84 Å². The summed E-state index contributed by atoms with van der Waals surface area (Å²) >= 11 is 5.86. The molecule has 2 rings (SSSR count). The minimum atomic E-state index is -0.399. The van der Waals surface area contributed by atoms with E-state index in [0.29, 0.717) is 11.5 Å². The van der Waals surface area contributed by atoms with Gasteiger partial charge < -0.3 is 9.95 Å². The molecule has 0 saturated carbocycles. The Hall–Kier alpha value is -2.12. The van der Waals surface area contributed by atoms with E-state index in [2.05, 4.69) is 20.9 Å². The highest BCUT2D eigenvalue weighted by Crippen LogP contribution is 2.19. The number of nitrogens with two attached hydrogens (primary N) is 1. The summed E-state index contributed by atoms with van der Waals surface area (Å²) in [4.78, 5) is 15.7. The topological polar surface area (TPSA) is 106 Å². The van der Waals surface area contributed by atoms with Gasteiger partial charge in [-0.1, -0.05) is 16.8 Å². The number of amides is 1. The van der Waals surface area contributed by atoms with Crippen molar-refractivity contribution in [3.8, 4) is 0 Å². The van der Waals surface area contributed by atoms with Crippen LogP contribution in [0.5, 0.6) is 0 Å². The quantitative estimate of drug-likeness (QED) is 0.576. The summed E-state index contributed by atoms with van der Waals surface area (Å²) in [5.74, 6) is 5.34. The summed E-state index contributed by atoms with van der Waals surface area (Å²) in [6, 6.07) is 3.05. The highest BCUT2D eigenvalue weighted by atomic mass is 35.5. The Balaban J connectivity index is 2.16. The largest absolute Gasteiger partial charge is 0.338 e. The second-order valence-corrected chi connectivity index (χ2v) is 3.89. The number of carbonyl (C=O) groups excluding carboxylic acids is 1. The fourth-order valence-electron chi connectivity index (χ4n) is 1.27. The van der Waals surface area contributed by atoms with Gasteiger partial charge >= 0.3 is 0 Å². The third-order valence-corrected chi connectivity index (χ3v) is 2.39. The van der Waals surface area contributed by atoms with E-state index in [4.69, 9.17) is 22.0 Å². The number of hydrogen-bond donors (Lipinski definition) is 3. The Morgan fingerprint density at radius 3 is 2.83 bits per heavy atom. The first-order chi connectivity index (χ1) is 8.60. The van der Waals surface area contributed by atoms with Crippen molar-refractivity contribution in [3.63, 3.8) is 0 Å². The molecule has 0 aliphatic carbocycles. The van der Waals surface area contributed by atoms with E-state index in [0.717, 1.165) is 0 Å². The van der Waals surface area contributed by atoms with Crippen LogP contribution in [0.4, 0.5) is 11.7 Å². The molecule has 0 spiro atoms. The maximum absolute atomic E-state index is 11.8. The maximum Gasteiger partial charge on any atom is 0.259 e. The number of hydrogen-bond acceptors (Lipinski definition) is 6. The zero-order valence-electron chi connectivity index (χ0n) is 9.40. The third-order valence-electron chi connectivity index (χ3n) is 2.10. The van der Waals surface area contributed by atoms with Crippen molar-refractivity contribution in [2.45, 2.75) is 6.92 Å². The van der Waals surface area contributed by atoms with Crippen LogP contribution in [0.2, 0.25) is 5.02 Å². The Morgan fingerprint density at radius 2 is 2.28 bits per heavy atom. The molecule has 1 amide bonds. The molecule has 0 aliphatic heterocycles. The number of anilines is 2. The van der Waals surface area contributed by atoms with Crippen molar-refractivity contribution in [3.05, 3.63) is 34.6 Å². The summed E-state index contributed by atoms with van der Waals surface area (Å²) < 4.78 is 4.86. The minimum Gasteiger partial charge on any atom is -0.338 e. The van der Waals surface area contributed by atoms with Crippen LogP contribution in [0, 0.1) is 6.92 Å². The highest BCUT2D eigenvalue weighted by Gasteiger charge is 2.11. The van der Waals surface area contributed by atoms with Crippen LogP contribution >= 0.6 is 11.6 Å². The monoisotopic (exact) mass is 267 g/mol. The van der Waals surface area contributed by atoms with Crippen LogP contribution in [0.25, 0.3) is 0 Å². The molecule has 0 aliphatic rings. The number of nitrogens with zero attached hydrogens (tertiary/aromatic N) is 2. The number of carbonyl (C=O) groups is 1. The van der Waals surface area contributed by atoms with E-state index in [1.54, 1.807) is 13.0 Å². The molecule has 0 saturated heterocycles. The Labute approximate surface area is 107 Å². The first-order valence-corrected chi connectivity index (χ1v) is 5.35. The first kappa shape index (κ1) is 12.3. The second-order valence-electron chi connectivity index (χ2n) is 3.49. The van der Waals surface area contributed by atoms with Gasteiger partial charge in [-0.15, -0.1) is 0 Å². The number of rotatable bonds is 3. The van der Waals surface area contributed by atoms with Crippen molar-refractivity contribution >= 4 is 29.2 Å². The lowest BCUT2D eigenvalue weighted by Gasteiger charge is -2.04. The predicted molar refractivity (Wildman–Crippen MR) is 66.3 cm³/mol. The zero-order chi connectivity index (χ0) is 13.1. The van der Waals surface area contributed by atoms with Gasteiger partial charge in [-0.25, -0.2) is 10.8 Å². The Morgan fingerprint density at radius 1 is 1.50 bits per heavy atom. The molecule has 0 unspecified atom stereocenters. The summed E-state index contributed by atoms with van der Waals surface area (Å²) in [6.07, 6.45) is 1.35. The van der Waals surface area contributed by atoms with Gasteiger partial charge in [0.15, 0.2) is 5.82 Å². The van der Waals surface area contributed by atoms with E-state index in [-0.39, 0.29) is 16.5 Å². The van der Waals surface area contributed by atoms with Crippen LogP contribution < -0.4 is 16.6 Å². The summed E-state index contributed by atoms with van der Waals surface area (Å²) in [6.45, 7) is 1.75. The van der Waals surface area contributed by atoms with Gasteiger partial charge in [-0.3, -0.25) is 10.1 Å². The van der Waals surface area contributed by atoms with E-state index < -0.39 is 5.91 Å². The Kier molecular flexibility index (Phi) is 3.45. The zero-order valence-corrected chi connectivity index (χ0v) is 10.2. The highest BCUT2D eigenvalue weighted by molar-refractivity contribution is 6.33. The van der Waals surface area contributed by atoms with E-state index in [1.807, 2.05) is 0 Å². The number of aryl methyl sites for hydroxylation is 1. The molecule has 8 heteroatoms. The normalized spacial score (nSPS) is 10.2. The maximum atomic E-state index is 11.8. The smallest absolute Gasteiger partial charge is 0.259 e. The van der Waals surface area contributed by atoms with E-state index >= 15 is 0 Å². The average Bonchev–Trinajstić information content (AvgIpc) is 2.74. The predicted octanol–water partition coefficient (Wildman–Crippen LogP) is 1.57. The summed E-state index contributed by atoms with van der Waals surface area (Å²) in [5.41, 5.74) is 3.27. The lowest BCUT2D eigenvalue weighted by Crippen LogP contribution is -2.14. The van der Waals surface area contributed by atoms with Gasteiger partial charge in [-0.2, -0.15) is 0 Å². The van der Waals surface area contributed by atoms with Gasteiger partial charge in [0.25, 0.3) is 5.91 Å². The van der Waals surface area contributed by atoms with Crippen LogP contribution in [0.15, 0.2) is 22.9 Å². The molecule has 0 bridgehead atoms. The molecular formula is C10H10ClN5O2. The Bertz CT molecular complexity index is 583. The molecule has 2 aromatic heterocycles. The summed E-state index contributed by atoms with van der Waals surface area (Å²) in [5, 5.41) is 6.42. The van der Waals surface area contributed by atoms with Crippen LogP contribution in [-0.2, 0) is 0 Å². The lowest BCUT2D eigenvalue weighted by atomic mass is 10.2. The van der Waals surface area contributed by atoms with Crippen molar-refractivity contribution in [1.29, 1.82) is 0 Å². The van der Waals surface area contributed by atoms with Crippen molar-refractivity contribution in [2.75, 3.05) is 10.7 Å². The summed E-state index contributed by atoms with van der Waals surface area (Å²) in [7, 11) is 0. The van der Waals surface area contributed by atoms with Gasteiger partial charge in [0.05, 0.1) is 16.3 Å². The fourth-order valence-corrected chi connectivity index (χ4v) is 1.50. The second kappa shape index (κ2) is 5.03. The van der Waals surface area contributed by atoms with Gasteiger partial charge in [-0.05, 0) is 13.0 Å². The van der Waals surface area contributed by atoms with Gasteiger partial charge in [0.1, 0.15) is 0 Å². The fraction of sp³-hybridized carbons (Fsp3) is 0.100. The minimum absolute atomic E-state index is 0.249. The molecule has 18 heavy (non-hydrogen) atoms. The molecule has 2 heterocycles. The lowest BCUT2D eigenvalue weighted by molar-refractivity contribution is 0.102. The van der Waals surface area contributed by atoms with E-state index in [9.17, 15) is 4.79 Å². The molecule has 0 fully saturated rings. The van der Waals surface area contributed by atoms with Crippen LogP contribution in [0.3, 0.4) is 0 Å². The van der Waals surface area contributed by atoms with Crippen molar-refractivity contribution < 1.29 is 9.32 Å². The first-order valence-electron chi connectivity index (χ1n) is 4.97. The molecule has 7 nitrogen and oxygen atoms in total. The molecule has 2 aromatic rings. The van der Waals surface area contributed by atoms with Crippen LogP contribution in [-0.4, -0.2) is 16.0 Å².